The molecule has 2 heterocycles. The Morgan fingerprint density at radius 2 is 2.16 bits per heavy atom. The minimum atomic E-state index is -0.0477. The van der Waals surface area contributed by atoms with Gasteiger partial charge in [-0.2, -0.15) is 0 Å². The smallest absolute Gasteiger partial charge is 0.246 e. The molecule has 5 nitrogen and oxygen atoms in total. The van der Waals surface area contributed by atoms with Gasteiger partial charge in [-0.15, -0.1) is 21.8 Å². The number of amides is 1. The highest BCUT2D eigenvalue weighted by atomic mass is 35.5. The van der Waals surface area contributed by atoms with Crippen molar-refractivity contribution in [1.82, 2.24) is 14.8 Å². The number of rotatable bonds is 1. The van der Waals surface area contributed by atoms with Crippen molar-refractivity contribution in [2.24, 2.45) is 0 Å². The summed E-state index contributed by atoms with van der Waals surface area (Å²) in [5.74, 6) is 1.35. The van der Waals surface area contributed by atoms with E-state index in [4.69, 9.17) is 23.2 Å². The second-order valence-corrected chi connectivity index (χ2v) is 4.98. The molecule has 19 heavy (non-hydrogen) atoms. The van der Waals surface area contributed by atoms with Gasteiger partial charge < -0.3 is 9.47 Å². The lowest BCUT2D eigenvalue weighted by molar-refractivity contribution is -0.118. The number of halogens is 2. The molecular weight excluding hydrogens is 287 g/mol. The number of carbonyl (C=O) groups excluding carboxylic acids is 1. The van der Waals surface area contributed by atoms with Crippen molar-refractivity contribution in [3.63, 3.8) is 0 Å². The fourth-order valence-electron chi connectivity index (χ4n) is 2.16. The van der Waals surface area contributed by atoms with Crippen molar-refractivity contribution in [3.8, 4) is 11.4 Å². The summed E-state index contributed by atoms with van der Waals surface area (Å²) in [7, 11) is 1.73. The van der Waals surface area contributed by atoms with Gasteiger partial charge in [-0.3, -0.25) is 4.79 Å². The van der Waals surface area contributed by atoms with Gasteiger partial charge in [-0.1, -0.05) is 11.6 Å². The summed E-state index contributed by atoms with van der Waals surface area (Å²) in [6.07, 6.45) is 0. The minimum Gasteiger partial charge on any atom is -0.313 e. The van der Waals surface area contributed by atoms with Gasteiger partial charge in [-0.05, 0) is 18.2 Å². The highest BCUT2D eigenvalue weighted by Gasteiger charge is 2.26. The molecule has 0 saturated carbocycles. The van der Waals surface area contributed by atoms with Crippen molar-refractivity contribution < 1.29 is 4.79 Å². The molecule has 2 aromatic rings. The van der Waals surface area contributed by atoms with E-state index in [1.807, 2.05) is 0 Å². The Balaban J connectivity index is 2.31. The van der Waals surface area contributed by atoms with Gasteiger partial charge in [0.2, 0.25) is 5.91 Å². The molecule has 7 heteroatoms. The molecule has 0 aliphatic carbocycles. The van der Waals surface area contributed by atoms with E-state index in [1.165, 1.54) is 0 Å². The largest absolute Gasteiger partial charge is 0.313 e. The summed E-state index contributed by atoms with van der Waals surface area (Å²) in [6, 6.07) is 5.34. The Morgan fingerprint density at radius 1 is 1.37 bits per heavy atom. The average molecular weight is 297 g/mol. The van der Waals surface area contributed by atoms with Crippen LogP contribution < -0.4 is 4.90 Å². The van der Waals surface area contributed by atoms with Crippen LogP contribution in [0.2, 0.25) is 5.02 Å². The van der Waals surface area contributed by atoms with E-state index < -0.39 is 0 Å². The standard InChI is InChI=1S/C12H10Cl2N4O/c1-17-9-3-2-7(14)4-8(9)12-16-15-10(5-13)18(12)6-11(17)19/h2-4H,5-6H2,1H3. The maximum absolute atomic E-state index is 12.2. The van der Waals surface area contributed by atoms with Crippen LogP contribution in [-0.4, -0.2) is 27.7 Å². The number of nitrogens with zero attached hydrogens (tertiary/aromatic N) is 4. The lowest BCUT2D eigenvalue weighted by atomic mass is 10.1. The Hall–Kier alpha value is -1.59. The Morgan fingerprint density at radius 3 is 2.89 bits per heavy atom. The summed E-state index contributed by atoms with van der Waals surface area (Å²) >= 11 is 11.9. The van der Waals surface area contributed by atoms with E-state index in [-0.39, 0.29) is 18.3 Å². The molecule has 0 saturated heterocycles. The van der Waals surface area contributed by atoms with Gasteiger partial charge >= 0.3 is 0 Å². The molecule has 1 aliphatic rings. The van der Waals surface area contributed by atoms with E-state index in [2.05, 4.69) is 10.2 Å². The normalized spacial score (nSPS) is 14.1. The zero-order valence-electron chi connectivity index (χ0n) is 10.1. The molecule has 1 aromatic carbocycles. The fraction of sp³-hybridized carbons (Fsp3) is 0.250. The predicted molar refractivity (Wildman–Crippen MR) is 73.4 cm³/mol. The van der Waals surface area contributed by atoms with Crippen LogP contribution in [0.25, 0.3) is 11.4 Å². The van der Waals surface area contributed by atoms with Crippen molar-refractivity contribution in [2.45, 2.75) is 12.4 Å². The van der Waals surface area contributed by atoms with Crippen molar-refractivity contribution >= 4 is 34.8 Å². The van der Waals surface area contributed by atoms with Crippen LogP contribution in [0.1, 0.15) is 5.82 Å². The molecule has 98 valence electrons. The molecule has 1 aliphatic heterocycles. The molecule has 0 fully saturated rings. The second-order valence-electron chi connectivity index (χ2n) is 4.27. The monoisotopic (exact) mass is 296 g/mol. The Kier molecular flexibility index (Phi) is 2.95. The van der Waals surface area contributed by atoms with Gasteiger partial charge in [0.15, 0.2) is 5.82 Å². The number of carbonyl (C=O) groups is 1. The number of benzene rings is 1. The quantitative estimate of drug-likeness (QED) is 0.759. The number of fused-ring (bicyclic) bond motifs is 3. The molecule has 0 spiro atoms. The molecule has 0 atom stereocenters. The van der Waals surface area contributed by atoms with Gasteiger partial charge in [0.1, 0.15) is 12.4 Å². The lowest BCUT2D eigenvalue weighted by Gasteiger charge is -2.16. The lowest BCUT2D eigenvalue weighted by Crippen LogP contribution is -2.28. The van der Waals surface area contributed by atoms with Gasteiger partial charge in [0, 0.05) is 17.6 Å². The van der Waals surface area contributed by atoms with Gasteiger partial charge in [0.25, 0.3) is 0 Å². The Labute approximate surface area is 119 Å². The third-order valence-electron chi connectivity index (χ3n) is 3.18. The molecule has 0 radical (unpaired) electrons. The molecule has 0 N–H and O–H groups in total. The topological polar surface area (TPSA) is 51.0 Å². The molecule has 3 rings (SSSR count). The summed E-state index contributed by atoms with van der Waals surface area (Å²) < 4.78 is 1.73. The van der Waals surface area contributed by atoms with Gasteiger partial charge in [0.05, 0.1) is 11.6 Å². The summed E-state index contributed by atoms with van der Waals surface area (Å²) in [5, 5.41) is 8.73. The van der Waals surface area contributed by atoms with Crippen LogP contribution in [0.4, 0.5) is 5.69 Å². The van der Waals surface area contributed by atoms with Crippen LogP contribution in [0.5, 0.6) is 0 Å². The number of anilines is 1. The average Bonchev–Trinajstić information content (AvgIpc) is 2.76. The minimum absolute atomic E-state index is 0.0477. The fourth-order valence-corrected chi connectivity index (χ4v) is 2.52. The second kappa shape index (κ2) is 4.51. The third kappa shape index (κ3) is 1.89. The van der Waals surface area contributed by atoms with E-state index in [9.17, 15) is 4.79 Å². The van der Waals surface area contributed by atoms with Crippen LogP contribution in [0.15, 0.2) is 18.2 Å². The van der Waals surface area contributed by atoms with Crippen molar-refractivity contribution in [2.75, 3.05) is 11.9 Å². The number of alkyl halides is 1. The van der Waals surface area contributed by atoms with Gasteiger partial charge in [-0.25, -0.2) is 0 Å². The summed E-state index contributed by atoms with van der Waals surface area (Å²) in [6.45, 7) is 0.174. The molecule has 1 aromatic heterocycles. The Bertz CT molecular complexity index is 668. The first-order valence-corrected chi connectivity index (χ1v) is 6.57. The van der Waals surface area contributed by atoms with E-state index in [0.29, 0.717) is 16.7 Å². The third-order valence-corrected chi connectivity index (χ3v) is 3.65. The van der Waals surface area contributed by atoms with Crippen molar-refractivity contribution in [1.29, 1.82) is 0 Å². The van der Waals surface area contributed by atoms with Crippen LogP contribution in [-0.2, 0) is 17.2 Å². The van der Waals surface area contributed by atoms with Crippen LogP contribution in [0, 0.1) is 0 Å². The first-order valence-electron chi connectivity index (χ1n) is 5.66. The number of hydrogen-bond acceptors (Lipinski definition) is 3. The van der Waals surface area contributed by atoms with Crippen LogP contribution in [0.3, 0.4) is 0 Å². The first kappa shape index (κ1) is 12.4. The van der Waals surface area contributed by atoms with E-state index in [0.717, 1.165) is 11.3 Å². The van der Waals surface area contributed by atoms with E-state index >= 15 is 0 Å². The molecule has 0 unspecified atom stereocenters. The molecule has 1 amide bonds. The predicted octanol–water partition coefficient (Wildman–Crippen LogP) is 2.31. The number of hydrogen-bond donors (Lipinski definition) is 0. The molecular formula is C12H10Cl2N4O. The summed E-state index contributed by atoms with van der Waals surface area (Å²) in [5.41, 5.74) is 1.55. The van der Waals surface area contributed by atoms with Crippen LogP contribution >= 0.6 is 23.2 Å². The van der Waals surface area contributed by atoms with E-state index in [1.54, 1.807) is 34.7 Å². The highest BCUT2D eigenvalue weighted by Crippen LogP contribution is 2.34. The zero-order valence-corrected chi connectivity index (χ0v) is 11.6. The number of likely N-dealkylation sites (N-methyl/N-ethyl adjacent to an activating group) is 1. The summed E-state index contributed by atoms with van der Waals surface area (Å²) in [4.78, 5) is 13.8. The SMILES string of the molecule is CN1C(=O)Cn2c(CCl)nnc2-c2cc(Cl)ccc21. The first-order chi connectivity index (χ1) is 9.11. The highest BCUT2D eigenvalue weighted by molar-refractivity contribution is 6.31. The molecule has 0 bridgehead atoms. The maximum Gasteiger partial charge on any atom is 0.246 e. The number of aromatic nitrogens is 3. The zero-order chi connectivity index (χ0) is 13.6. The van der Waals surface area contributed by atoms with Crippen molar-refractivity contribution in [3.05, 3.63) is 29.0 Å². The maximum atomic E-state index is 12.2.